The monoisotopic (exact) mass is 407 g/mol. The fraction of sp³-hybridized carbons (Fsp3) is 0.348. The Morgan fingerprint density at radius 1 is 1.13 bits per heavy atom. The largest absolute Gasteiger partial charge is 0.341 e. The molecule has 1 aliphatic rings. The Hall–Kier alpha value is -3.06. The number of pyridine rings is 1. The summed E-state index contributed by atoms with van der Waals surface area (Å²) in [4.78, 5) is 21.4. The lowest BCUT2D eigenvalue weighted by molar-refractivity contribution is -0.131. The van der Waals surface area contributed by atoms with Gasteiger partial charge in [-0.1, -0.05) is 0 Å². The number of carbonyl (C=O) groups is 1. The highest BCUT2D eigenvalue weighted by Crippen LogP contribution is 2.34. The number of amides is 1. The van der Waals surface area contributed by atoms with Crippen LogP contribution in [0.1, 0.15) is 12.1 Å². The lowest BCUT2D eigenvalue weighted by Gasteiger charge is -2.24. The number of rotatable bonds is 5. The van der Waals surface area contributed by atoms with Crippen LogP contribution in [0.15, 0.2) is 48.8 Å². The van der Waals surface area contributed by atoms with Crippen LogP contribution in [-0.2, 0) is 18.3 Å². The quantitative estimate of drug-likeness (QED) is 0.653. The molecule has 0 spiro atoms. The molecule has 1 atom stereocenters. The second-order valence-electron chi connectivity index (χ2n) is 7.92. The molecule has 3 aromatic rings. The fourth-order valence-corrected chi connectivity index (χ4v) is 4.09. The summed E-state index contributed by atoms with van der Waals surface area (Å²) in [6.45, 7) is 1.90. The maximum atomic E-state index is 13.5. The number of likely N-dealkylation sites (N-methyl/N-ethyl adjacent to an activating group) is 2. The van der Waals surface area contributed by atoms with Gasteiger partial charge in [-0.3, -0.25) is 14.5 Å². The van der Waals surface area contributed by atoms with Crippen molar-refractivity contribution in [2.45, 2.75) is 18.9 Å². The Bertz CT molecular complexity index is 1030. The highest BCUT2D eigenvalue weighted by molar-refractivity contribution is 5.87. The summed E-state index contributed by atoms with van der Waals surface area (Å²) in [6, 6.07) is 10.3. The Kier molecular flexibility index (Phi) is 5.63. The van der Waals surface area contributed by atoms with E-state index in [0.717, 1.165) is 47.6 Å². The van der Waals surface area contributed by atoms with Crippen LogP contribution in [-0.4, -0.2) is 63.7 Å². The van der Waals surface area contributed by atoms with Gasteiger partial charge in [-0.2, -0.15) is 5.10 Å². The van der Waals surface area contributed by atoms with E-state index in [2.05, 4.69) is 16.9 Å². The van der Waals surface area contributed by atoms with Crippen molar-refractivity contribution in [1.82, 2.24) is 24.6 Å². The zero-order chi connectivity index (χ0) is 21.3. The molecule has 1 aromatic carbocycles. The smallest absolute Gasteiger partial charge is 0.228 e. The van der Waals surface area contributed by atoms with Crippen LogP contribution in [0.2, 0.25) is 0 Å². The van der Waals surface area contributed by atoms with Crippen molar-refractivity contribution in [3.05, 3.63) is 60.3 Å². The minimum Gasteiger partial charge on any atom is -0.341 e. The molecule has 0 saturated carbocycles. The first kappa shape index (κ1) is 20.2. The van der Waals surface area contributed by atoms with Crippen molar-refractivity contribution < 1.29 is 9.18 Å². The number of aryl methyl sites for hydroxylation is 1. The standard InChI is InChI=1S/C23H26FN5O/c1-27-13-10-19(15-27)28(2)21(30)14-20-22(16-8-11-25-12-9-16)23(26-29(20)3)17-4-6-18(24)7-5-17/h4-9,11-12,19H,10,13-15H2,1-3H3/t19-/m1/s1. The van der Waals surface area contributed by atoms with Crippen LogP contribution in [0.3, 0.4) is 0 Å². The summed E-state index contributed by atoms with van der Waals surface area (Å²) >= 11 is 0. The Labute approximate surface area is 175 Å². The Morgan fingerprint density at radius 2 is 1.83 bits per heavy atom. The maximum absolute atomic E-state index is 13.5. The van der Waals surface area contributed by atoms with Crippen molar-refractivity contribution >= 4 is 5.91 Å². The molecule has 4 rings (SSSR count). The molecule has 1 fully saturated rings. The zero-order valence-corrected chi connectivity index (χ0v) is 17.5. The van der Waals surface area contributed by atoms with E-state index < -0.39 is 0 Å². The molecule has 2 aromatic heterocycles. The molecule has 0 unspecified atom stereocenters. The molecule has 0 radical (unpaired) electrons. The Balaban J connectivity index is 1.72. The molecule has 1 amide bonds. The molecule has 1 aliphatic heterocycles. The first-order valence-corrected chi connectivity index (χ1v) is 10.1. The summed E-state index contributed by atoms with van der Waals surface area (Å²) in [6.07, 6.45) is 4.69. The van der Waals surface area contributed by atoms with E-state index in [1.165, 1.54) is 12.1 Å². The average molecular weight is 407 g/mol. The molecule has 3 heterocycles. The predicted octanol–water partition coefficient (Wildman–Crippen LogP) is 2.99. The molecule has 0 aliphatic carbocycles. The molecule has 1 saturated heterocycles. The molecular formula is C23H26FN5O. The predicted molar refractivity (Wildman–Crippen MR) is 114 cm³/mol. The van der Waals surface area contributed by atoms with Gasteiger partial charge in [0.05, 0.1) is 12.1 Å². The highest BCUT2D eigenvalue weighted by Gasteiger charge is 2.28. The summed E-state index contributed by atoms with van der Waals surface area (Å²) in [5, 5.41) is 4.70. The molecular weight excluding hydrogens is 381 g/mol. The molecule has 0 bridgehead atoms. The van der Waals surface area contributed by atoms with Gasteiger partial charge in [-0.05, 0) is 62.0 Å². The summed E-state index contributed by atoms with van der Waals surface area (Å²) in [7, 11) is 5.81. The second kappa shape index (κ2) is 8.36. The highest BCUT2D eigenvalue weighted by atomic mass is 19.1. The molecule has 0 N–H and O–H groups in total. The number of hydrogen-bond acceptors (Lipinski definition) is 4. The van der Waals surface area contributed by atoms with E-state index in [4.69, 9.17) is 5.10 Å². The van der Waals surface area contributed by atoms with Crippen molar-refractivity contribution in [2.75, 3.05) is 27.2 Å². The number of aromatic nitrogens is 3. The van der Waals surface area contributed by atoms with Crippen molar-refractivity contribution in [3.63, 3.8) is 0 Å². The van der Waals surface area contributed by atoms with Gasteiger partial charge in [-0.15, -0.1) is 0 Å². The van der Waals surface area contributed by atoms with E-state index >= 15 is 0 Å². The number of likely N-dealkylation sites (tertiary alicyclic amines) is 1. The Morgan fingerprint density at radius 3 is 2.47 bits per heavy atom. The van der Waals surface area contributed by atoms with Gasteiger partial charge in [0, 0.05) is 50.2 Å². The lowest BCUT2D eigenvalue weighted by Crippen LogP contribution is -2.39. The minimum atomic E-state index is -0.293. The third kappa shape index (κ3) is 3.98. The first-order valence-electron chi connectivity index (χ1n) is 10.1. The van der Waals surface area contributed by atoms with Crippen molar-refractivity contribution in [2.24, 2.45) is 7.05 Å². The molecule has 7 heteroatoms. The van der Waals surface area contributed by atoms with Gasteiger partial charge >= 0.3 is 0 Å². The van der Waals surface area contributed by atoms with Gasteiger partial charge in [0.15, 0.2) is 0 Å². The van der Waals surface area contributed by atoms with Crippen LogP contribution in [0, 0.1) is 5.82 Å². The van der Waals surface area contributed by atoms with Crippen LogP contribution >= 0.6 is 0 Å². The van der Waals surface area contributed by atoms with Crippen molar-refractivity contribution in [3.8, 4) is 22.4 Å². The van der Waals surface area contributed by atoms with E-state index in [9.17, 15) is 9.18 Å². The molecule has 156 valence electrons. The summed E-state index contributed by atoms with van der Waals surface area (Å²) in [5.74, 6) is -0.224. The third-order valence-corrected chi connectivity index (χ3v) is 5.88. The van der Waals surface area contributed by atoms with Gasteiger partial charge in [0.25, 0.3) is 0 Å². The van der Waals surface area contributed by atoms with Gasteiger partial charge in [0.1, 0.15) is 11.5 Å². The van der Waals surface area contributed by atoms with E-state index in [1.54, 1.807) is 29.2 Å². The van der Waals surface area contributed by atoms with Crippen molar-refractivity contribution in [1.29, 1.82) is 0 Å². The fourth-order valence-electron chi connectivity index (χ4n) is 4.09. The minimum absolute atomic E-state index is 0.0688. The van der Waals surface area contributed by atoms with E-state index in [-0.39, 0.29) is 24.2 Å². The number of benzene rings is 1. The lowest BCUT2D eigenvalue weighted by atomic mass is 9.98. The van der Waals surface area contributed by atoms with Crippen LogP contribution in [0.4, 0.5) is 4.39 Å². The van der Waals surface area contributed by atoms with Crippen LogP contribution in [0.5, 0.6) is 0 Å². The maximum Gasteiger partial charge on any atom is 0.228 e. The van der Waals surface area contributed by atoms with Crippen LogP contribution in [0.25, 0.3) is 22.4 Å². The number of halogens is 1. The number of hydrogen-bond donors (Lipinski definition) is 0. The third-order valence-electron chi connectivity index (χ3n) is 5.88. The second-order valence-corrected chi connectivity index (χ2v) is 7.92. The average Bonchev–Trinajstić information content (AvgIpc) is 3.32. The topological polar surface area (TPSA) is 54.3 Å². The summed E-state index contributed by atoms with van der Waals surface area (Å²) in [5.41, 5.74) is 4.20. The van der Waals surface area contributed by atoms with Gasteiger partial charge < -0.3 is 9.80 Å². The van der Waals surface area contributed by atoms with E-state index in [1.807, 2.05) is 31.1 Å². The molecule has 30 heavy (non-hydrogen) atoms. The SMILES string of the molecule is CN1CC[C@@H](N(C)C(=O)Cc2c(-c3ccncc3)c(-c3ccc(F)cc3)nn2C)C1. The summed E-state index contributed by atoms with van der Waals surface area (Å²) < 4.78 is 15.2. The zero-order valence-electron chi connectivity index (χ0n) is 17.5. The van der Waals surface area contributed by atoms with E-state index in [0.29, 0.717) is 0 Å². The van der Waals surface area contributed by atoms with Gasteiger partial charge in [-0.25, -0.2) is 4.39 Å². The van der Waals surface area contributed by atoms with Gasteiger partial charge in [0.2, 0.25) is 5.91 Å². The molecule has 6 nitrogen and oxygen atoms in total. The number of carbonyl (C=O) groups excluding carboxylic acids is 1. The number of nitrogens with zero attached hydrogens (tertiary/aromatic N) is 5. The first-order chi connectivity index (χ1) is 14.4. The van der Waals surface area contributed by atoms with Crippen LogP contribution < -0.4 is 0 Å². The normalized spacial score (nSPS) is 16.7.